The SMILES string of the molecule is C=CC(=O)Nc1cccc(-n2ccc(=O)c3cnc(Nc4ccc(N5CCN(C)CC5)c(F)c4F)nc32)c1F. The second-order valence-electron chi connectivity index (χ2n) is 8.99. The molecule has 5 rings (SSSR count). The van der Waals surface area contributed by atoms with Crippen LogP contribution in [-0.2, 0) is 4.79 Å². The molecule has 0 aliphatic carbocycles. The molecule has 0 radical (unpaired) electrons. The van der Waals surface area contributed by atoms with Crippen molar-refractivity contribution in [1.82, 2.24) is 19.4 Å². The normalized spacial score (nSPS) is 13.9. The van der Waals surface area contributed by atoms with E-state index in [1.165, 1.54) is 53.4 Å². The van der Waals surface area contributed by atoms with Crippen LogP contribution in [-0.4, -0.2) is 58.6 Å². The van der Waals surface area contributed by atoms with Gasteiger partial charge in [-0.1, -0.05) is 12.6 Å². The van der Waals surface area contributed by atoms with E-state index in [4.69, 9.17) is 0 Å². The molecule has 1 aliphatic rings. The maximum atomic E-state index is 15.3. The molecule has 200 valence electrons. The molecule has 2 aromatic heterocycles. The second-order valence-corrected chi connectivity index (χ2v) is 8.99. The Morgan fingerprint density at radius 1 is 0.974 bits per heavy atom. The Kier molecular flexibility index (Phi) is 7.03. The fraction of sp³-hybridized carbons (Fsp3) is 0.185. The molecular formula is C27H24F3N7O2. The zero-order valence-corrected chi connectivity index (χ0v) is 20.9. The molecular weight excluding hydrogens is 511 g/mol. The highest BCUT2D eigenvalue weighted by molar-refractivity contribution is 5.99. The largest absolute Gasteiger partial charge is 0.367 e. The molecule has 1 aliphatic heterocycles. The number of carbonyl (C=O) groups is 1. The van der Waals surface area contributed by atoms with Crippen molar-refractivity contribution in [1.29, 1.82) is 0 Å². The molecule has 1 fully saturated rings. The van der Waals surface area contributed by atoms with Gasteiger partial charge in [0.25, 0.3) is 0 Å². The zero-order valence-electron chi connectivity index (χ0n) is 20.9. The topological polar surface area (TPSA) is 95.4 Å². The van der Waals surface area contributed by atoms with Crippen LogP contribution in [0.3, 0.4) is 0 Å². The van der Waals surface area contributed by atoms with Gasteiger partial charge >= 0.3 is 0 Å². The van der Waals surface area contributed by atoms with E-state index in [0.29, 0.717) is 13.1 Å². The van der Waals surface area contributed by atoms with Crippen LogP contribution in [0.2, 0.25) is 0 Å². The summed E-state index contributed by atoms with van der Waals surface area (Å²) in [5.74, 6) is -3.61. The molecule has 0 unspecified atom stereocenters. The summed E-state index contributed by atoms with van der Waals surface area (Å²) in [6.07, 6.45) is 3.55. The minimum atomic E-state index is -1.10. The average molecular weight is 536 g/mol. The summed E-state index contributed by atoms with van der Waals surface area (Å²) in [7, 11) is 1.97. The summed E-state index contributed by atoms with van der Waals surface area (Å²) in [6, 6.07) is 8.42. The molecule has 3 heterocycles. The van der Waals surface area contributed by atoms with E-state index >= 15 is 13.2 Å². The molecule has 1 saturated heterocycles. The van der Waals surface area contributed by atoms with Gasteiger partial charge < -0.3 is 20.4 Å². The lowest BCUT2D eigenvalue weighted by Crippen LogP contribution is -2.44. The molecule has 2 aromatic carbocycles. The molecule has 1 amide bonds. The van der Waals surface area contributed by atoms with Crippen molar-refractivity contribution < 1.29 is 18.0 Å². The fourth-order valence-electron chi connectivity index (χ4n) is 4.32. The number of nitrogens with zero attached hydrogens (tertiary/aromatic N) is 5. The first-order valence-corrected chi connectivity index (χ1v) is 12.1. The predicted octanol–water partition coefficient (Wildman–Crippen LogP) is 3.82. The van der Waals surface area contributed by atoms with Gasteiger partial charge in [-0.05, 0) is 37.4 Å². The number of pyridine rings is 1. The monoisotopic (exact) mass is 535 g/mol. The van der Waals surface area contributed by atoms with Crippen molar-refractivity contribution in [3.63, 3.8) is 0 Å². The average Bonchev–Trinajstić information content (AvgIpc) is 2.93. The van der Waals surface area contributed by atoms with Crippen molar-refractivity contribution in [3.05, 3.63) is 89.1 Å². The molecule has 4 aromatic rings. The van der Waals surface area contributed by atoms with Crippen molar-refractivity contribution in [2.24, 2.45) is 0 Å². The smallest absolute Gasteiger partial charge is 0.247 e. The van der Waals surface area contributed by atoms with Gasteiger partial charge in [0, 0.05) is 44.6 Å². The van der Waals surface area contributed by atoms with E-state index < -0.39 is 28.8 Å². The van der Waals surface area contributed by atoms with Crippen LogP contribution in [0.25, 0.3) is 16.7 Å². The van der Waals surface area contributed by atoms with Gasteiger partial charge in [0.15, 0.2) is 28.5 Å². The van der Waals surface area contributed by atoms with E-state index in [9.17, 15) is 9.59 Å². The van der Waals surface area contributed by atoms with Crippen LogP contribution in [0.15, 0.2) is 66.2 Å². The number of rotatable bonds is 6. The van der Waals surface area contributed by atoms with Gasteiger partial charge in [0.2, 0.25) is 11.9 Å². The second kappa shape index (κ2) is 10.6. The zero-order chi connectivity index (χ0) is 27.7. The van der Waals surface area contributed by atoms with Crippen LogP contribution >= 0.6 is 0 Å². The first kappa shape index (κ1) is 25.9. The van der Waals surface area contributed by atoms with E-state index in [1.54, 1.807) is 4.90 Å². The minimum Gasteiger partial charge on any atom is -0.367 e. The molecule has 0 bridgehead atoms. The third-order valence-corrected chi connectivity index (χ3v) is 6.47. The Labute approximate surface area is 221 Å². The summed E-state index contributed by atoms with van der Waals surface area (Å²) in [6.45, 7) is 5.96. The molecule has 2 N–H and O–H groups in total. The number of nitrogens with one attached hydrogen (secondary N) is 2. The van der Waals surface area contributed by atoms with E-state index in [0.717, 1.165) is 19.2 Å². The Morgan fingerprint density at radius 2 is 1.74 bits per heavy atom. The number of likely N-dealkylation sites (N-methyl/N-ethyl adjacent to an activating group) is 1. The Balaban J connectivity index is 1.51. The summed E-state index contributed by atoms with van der Waals surface area (Å²) in [5.41, 5.74) is -0.554. The molecule has 9 nitrogen and oxygen atoms in total. The maximum Gasteiger partial charge on any atom is 0.247 e. The van der Waals surface area contributed by atoms with E-state index in [2.05, 4.69) is 32.1 Å². The van der Waals surface area contributed by atoms with Crippen molar-refractivity contribution in [3.8, 4) is 5.69 Å². The van der Waals surface area contributed by atoms with Gasteiger partial charge in [-0.15, -0.1) is 0 Å². The number of fused-ring (bicyclic) bond motifs is 1. The number of amides is 1. The highest BCUT2D eigenvalue weighted by Crippen LogP contribution is 2.30. The van der Waals surface area contributed by atoms with Gasteiger partial charge in [-0.2, -0.15) is 4.98 Å². The van der Waals surface area contributed by atoms with Crippen molar-refractivity contribution >= 4 is 40.0 Å². The van der Waals surface area contributed by atoms with E-state index in [1.807, 2.05) is 7.05 Å². The van der Waals surface area contributed by atoms with Gasteiger partial charge in [-0.3, -0.25) is 14.2 Å². The molecule has 39 heavy (non-hydrogen) atoms. The lowest BCUT2D eigenvalue weighted by Gasteiger charge is -2.34. The summed E-state index contributed by atoms with van der Waals surface area (Å²) < 4.78 is 46.7. The van der Waals surface area contributed by atoms with Crippen LogP contribution < -0.4 is 21.0 Å². The molecule has 12 heteroatoms. The van der Waals surface area contributed by atoms with Gasteiger partial charge in [0.1, 0.15) is 0 Å². The lowest BCUT2D eigenvalue weighted by atomic mass is 10.2. The fourth-order valence-corrected chi connectivity index (χ4v) is 4.32. The first-order valence-electron chi connectivity index (χ1n) is 12.1. The minimum absolute atomic E-state index is 0.0136. The van der Waals surface area contributed by atoms with Gasteiger partial charge in [-0.25, -0.2) is 18.2 Å². The van der Waals surface area contributed by atoms with E-state index in [-0.39, 0.29) is 39.7 Å². The van der Waals surface area contributed by atoms with Crippen LogP contribution in [0, 0.1) is 17.5 Å². The number of hydrogen-bond donors (Lipinski definition) is 2. The summed E-state index contributed by atoms with van der Waals surface area (Å²) in [4.78, 5) is 36.5. The first-order chi connectivity index (χ1) is 18.8. The number of benzene rings is 2. The number of carbonyl (C=O) groups excluding carboxylic acids is 1. The van der Waals surface area contributed by atoms with Crippen LogP contribution in [0.1, 0.15) is 0 Å². The number of aromatic nitrogens is 3. The van der Waals surface area contributed by atoms with Crippen molar-refractivity contribution in [2.45, 2.75) is 0 Å². The Bertz CT molecular complexity index is 1650. The summed E-state index contributed by atoms with van der Waals surface area (Å²) >= 11 is 0. The summed E-state index contributed by atoms with van der Waals surface area (Å²) in [5, 5.41) is 5.11. The van der Waals surface area contributed by atoms with Gasteiger partial charge in [0.05, 0.1) is 28.1 Å². The third kappa shape index (κ3) is 5.06. The Hall–Kier alpha value is -4.71. The van der Waals surface area contributed by atoms with Crippen LogP contribution in [0.4, 0.5) is 36.2 Å². The Morgan fingerprint density at radius 3 is 2.49 bits per heavy atom. The number of hydrogen-bond acceptors (Lipinski definition) is 7. The number of anilines is 4. The highest BCUT2D eigenvalue weighted by atomic mass is 19.2. The quantitative estimate of drug-likeness (QED) is 0.363. The highest BCUT2D eigenvalue weighted by Gasteiger charge is 2.22. The molecule has 0 saturated carbocycles. The number of piperazine rings is 1. The maximum absolute atomic E-state index is 15.3. The number of halogens is 3. The predicted molar refractivity (Wildman–Crippen MR) is 143 cm³/mol. The third-order valence-electron chi connectivity index (χ3n) is 6.47. The lowest BCUT2D eigenvalue weighted by molar-refractivity contribution is -0.111. The standard InChI is InChI=1S/C27H24F3N7O2/c1-3-22(39)32-17-5-4-6-20(23(17)28)37-10-9-21(38)16-15-31-27(34-26(16)37)33-18-7-8-19(25(30)24(18)29)36-13-11-35(2)12-14-36/h3-10,15H,1,11-14H2,2H3,(H,32,39)(H,31,33,34). The van der Waals surface area contributed by atoms with Crippen molar-refractivity contribution in [2.75, 3.05) is 48.8 Å². The molecule has 0 atom stereocenters. The molecule has 0 spiro atoms. The van der Waals surface area contributed by atoms with Crippen LogP contribution in [0.5, 0.6) is 0 Å².